The Morgan fingerprint density at radius 2 is 1.85 bits per heavy atom. The van der Waals surface area contributed by atoms with Crippen LogP contribution in [0.15, 0.2) is 39.0 Å². The van der Waals surface area contributed by atoms with E-state index in [-0.39, 0.29) is 9.23 Å². The second-order valence-electron chi connectivity index (χ2n) is 3.54. The smallest absolute Gasteiger partial charge is 0.199 e. The third-order valence-corrected chi connectivity index (χ3v) is 5.97. The van der Waals surface area contributed by atoms with Gasteiger partial charge in [-0.3, -0.25) is 0 Å². The molecule has 0 spiro atoms. The average Bonchev–Trinajstić information content (AvgIpc) is 2.93. The van der Waals surface area contributed by atoms with Gasteiger partial charge >= 0.3 is 0 Å². The summed E-state index contributed by atoms with van der Waals surface area (Å²) in [5.41, 5.74) is 0.342. The second-order valence-corrected chi connectivity index (χ2v) is 7.57. The Morgan fingerprint density at radius 1 is 1.15 bits per heavy atom. The van der Waals surface area contributed by atoms with E-state index in [2.05, 4.69) is 9.93 Å². The molecule has 106 valence electrons. The van der Waals surface area contributed by atoms with E-state index >= 15 is 0 Å². The summed E-state index contributed by atoms with van der Waals surface area (Å²) in [6.45, 7) is 0. The van der Waals surface area contributed by atoms with Crippen LogP contribution in [-0.4, -0.2) is 14.6 Å². The van der Waals surface area contributed by atoms with Crippen molar-refractivity contribution in [2.24, 2.45) is 5.10 Å². The Kier molecular flexibility index (Phi) is 4.93. The zero-order valence-corrected chi connectivity index (χ0v) is 13.6. The Morgan fingerprint density at radius 3 is 2.50 bits per heavy atom. The molecule has 4 nitrogen and oxygen atoms in total. The summed E-state index contributed by atoms with van der Waals surface area (Å²) in [6, 6.07) is 6.19. The summed E-state index contributed by atoms with van der Waals surface area (Å²) in [5, 5.41) is 6.13. The number of thiophene rings is 1. The van der Waals surface area contributed by atoms with E-state index in [0.29, 0.717) is 15.6 Å². The minimum Gasteiger partial charge on any atom is -0.199 e. The first kappa shape index (κ1) is 15.6. The molecule has 0 radical (unpaired) electrons. The molecule has 0 aliphatic carbocycles. The summed E-state index contributed by atoms with van der Waals surface area (Å²) in [7, 11) is -3.67. The Balaban J connectivity index is 2.22. The summed E-state index contributed by atoms with van der Waals surface area (Å²) in [4.78, 5) is 2.08. The van der Waals surface area contributed by atoms with Gasteiger partial charge in [-0.1, -0.05) is 40.9 Å². The molecule has 2 rings (SSSR count). The maximum Gasteiger partial charge on any atom is 0.286 e. The largest absolute Gasteiger partial charge is 0.286 e. The molecular weight excluding hydrogens is 363 g/mol. The van der Waals surface area contributed by atoms with E-state index in [4.69, 9.17) is 34.8 Å². The van der Waals surface area contributed by atoms with Gasteiger partial charge in [0.25, 0.3) is 10.0 Å². The number of hydrogen-bond acceptors (Lipinski definition) is 4. The van der Waals surface area contributed by atoms with Gasteiger partial charge in [0.05, 0.1) is 21.3 Å². The standard InChI is InChI=1S/C11H7Cl3N2O2S2/c12-8-3-4-9(13)11(14)7(8)6-15-16-20(17,18)10-2-1-5-19-10/h1-6,16H/b15-6+. The number of nitrogens with zero attached hydrogens (tertiary/aromatic N) is 1. The molecule has 0 atom stereocenters. The van der Waals surface area contributed by atoms with Gasteiger partial charge in [-0.25, -0.2) is 0 Å². The quantitative estimate of drug-likeness (QED) is 0.503. The number of hydrogen-bond donors (Lipinski definition) is 1. The minimum absolute atomic E-state index is 0.165. The SMILES string of the molecule is O=S(=O)(N/N=C/c1c(Cl)ccc(Cl)c1Cl)c1cccs1. The van der Waals surface area contributed by atoms with Crippen LogP contribution in [0.2, 0.25) is 15.1 Å². The van der Waals surface area contributed by atoms with E-state index in [1.807, 2.05) is 0 Å². The maximum absolute atomic E-state index is 11.8. The van der Waals surface area contributed by atoms with Crippen molar-refractivity contribution in [2.45, 2.75) is 4.21 Å². The van der Waals surface area contributed by atoms with E-state index in [0.717, 1.165) is 11.3 Å². The van der Waals surface area contributed by atoms with Gasteiger partial charge in [-0.15, -0.1) is 11.3 Å². The lowest BCUT2D eigenvalue weighted by molar-refractivity contribution is 0.587. The average molecular weight is 370 g/mol. The van der Waals surface area contributed by atoms with Crippen LogP contribution in [-0.2, 0) is 10.0 Å². The molecule has 9 heteroatoms. The van der Waals surface area contributed by atoms with E-state index in [1.54, 1.807) is 23.6 Å². The first-order chi connectivity index (χ1) is 9.42. The molecule has 1 N–H and O–H groups in total. The van der Waals surface area contributed by atoms with Gasteiger partial charge in [0.2, 0.25) is 0 Å². The van der Waals surface area contributed by atoms with Crippen molar-refractivity contribution < 1.29 is 8.42 Å². The number of rotatable bonds is 4. The Bertz CT molecular complexity index is 743. The number of halogens is 3. The zero-order chi connectivity index (χ0) is 14.8. The molecule has 1 heterocycles. The zero-order valence-electron chi connectivity index (χ0n) is 9.68. The molecule has 0 fully saturated rings. The molecule has 0 bridgehead atoms. The highest BCUT2D eigenvalue weighted by Crippen LogP contribution is 2.30. The number of hydrazone groups is 1. The van der Waals surface area contributed by atoms with Gasteiger partial charge in [-0.05, 0) is 23.6 Å². The normalized spacial score (nSPS) is 11.9. The van der Waals surface area contributed by atoms with E-state index in [9.17, 15) is 8.42 Å². The van der Waals surface area contributed by atoms with Crippen LogP contribution in [0.4, 0.5) is 0 Å². The molecule has 0 unspecified atom stereocenters. The van der Waals surface area contributed by atoms with Crippen LogP contribution in [0.1, 0.15) is 5.56 Å². The van der Waals surface area contributed by atoms with Crippen molar-refractivity contribution in [2.75, 3.05) is 0 Å². The highest BCUT2D eigenvalue weighted by atomic mass is 35.5. The fraction of sp³-hybridized carbons (Fsp3) is 0. The first-order valence-corrected chi connectivity index (χ1v) is 8.63. The number of nitrogens with one attached hydrogen (secondary N) is 1. The lowest BCUT2D eigenvalue weighted by atomic mass is 10.2. The molecule has 1 aromatic heterocycles. The number of sulfonamides is 1. The van der Waals surface area contributed by atoms with E-state index in [1.165, 1.54) is 12.3 Å². The van der Waals surface area contributed by atoms with E-state index < -0.39 is 10.0 Å². The van der Waals surface area contributed by atoms with Gasteiger partial charge < -0.3 is 0 Å². The third kappa shape index (κ3) is 3.45. The lowest BCUT2D eigenvalue weighted by Crippen LogP contribution is -2.17. The van der Waals surface area contributed by atoms with Crippen LogP contribution in [0.5, 0.6) is 0 Å². The van der Waals surface area contributed by atoms with Crippen LogP contribution in [0, 0.1) is 0 Å². The van der Waals surface area contributed by atoms with Crippen LogP contribution >= 0.6 is 46.1 Å². The molecule has 20 heavy (non-hydrogen) atoms. The monoisotopic (exact) mass is 368 g/mol. The van der Waals surface area contributed by atoms with Crippen LogP contribution in [0.25, 0.3) is 0 Å². The van der Waals surface area contributed by atoms with Crippen molar-refractivity contribution >= 4 is 62.4 Å². The van der Waals surface area contributed by atoms with Crippen LogP contribution < -0.4 is 4.83 Å². The van der Waals surface area contributed by atoms with Gasteiger partial charge in [0.15, 0.2) is 0 Å². The molecule has 0 aliphatic rings. The predicted molar refractivity (Wildman–Crippen MR) is 83.7 cm³/mol. The predicted octanol–water partition coefficient (Wildman–Crippen LogP) is 4.02. The Hall–Kier alpha value is -0.790. The van der Waals surface area contributed by atoms with Crippen molar-refractivity contribution in [3.63, 3.8) is 0 Å². The molecule has 0 amide bonds. The summed E-state index contributed by atoms with van der Waals surface area (Å²) < 4.78 is 23.8. The lowest BCUT2D eigenvalue weighted by Gasteiger charge is -2.03. The molecule has 0 saturated heterocycles. The highest BCUT2D eigenvalue weighted by Gasteiger charge is 2.13. The summed E-state index contributed by atoms with van der Waals surface area (Å²) in [6.07, 6.45) is 1.21. The molecule has 0 aliphatic heterocycles. The fourth-order valence-electron chi connectivity index (χ4n) is 1.28. The van der Waals surface area contributed by atoms with Crippen LogP contribution in [0.3, 0.4) is 0 Å². The van der Waals surface area contributed by atoms with Crippen molar-refractivity contribution in [3.05, 3.63) is 50.3 Å². The van der Waals surface area contributed by atoms with Gasteiger partial charge in [-0.2, -0.15) is 18.4 Å². The van der Waals surface area contributed by atoms with Crippen molar-refractivity contribution in [1.82, 2.24) is 4.83 Å². The van der Waals surface area contributed by atoms with Gasteiger partial charge in [0.1, 0.15) is 4.21 Å². The summed E-state index contributed by atoms with van der Waals surface area (Å²) in [5.74, 6) is 0. The van der Waals surface area contributed by atoms with Crippen molar-refractivity contribution in [1.29, 1.82) is 0 Å². The summed E-state index contributed by atoms with van der Waals surface area (Å²) >= 11 is 18.8. The second kappa shape index (κ2) is 6.32. The first-order valence-electron chi connectivity index (χ1n) is 5.13. The fourth-order valence-corrected chi connectivity index (χ4v) is 3.69. The third-order valence-electron chi connectivity index (χ3n) is 2.21. The van der Waals surface area contributed by atoms with Gasteiger partial charge in [0, 0.05) is 5.56 Å². The topological polar surface area (TPSA) is 58.5 Å². The highest BCUT2D eigenvalue weighted by molar-refractivity contribution is 7.91. The molecule has 1 aromatic carbocycles. The molecule has 2 aromatic rings. The number of benzene rings is 1. The minimum atomic E-state index is -3.67. The Labute approximate surface area is 135 Å². The molecule has 0 saturated carbocycles. The molecular formula is C11H7Cl3N2O2S2. The maximum atomic E-state index is 11.8. The van der Waals surface area contributed by atoms with Crippen molar-refractivity contribution in [3.8, 4) is 0 Å².